The molecule has 15 heavy (non-hydrogen) atoms. The first kappa shape index (κ1) is 11.6. The van der Waals surface area contributed by atoms with Gasteiger partial charge in [0.05, 0.1) is 6.42 Å². The number of carboxylic acids is 1. The summed E-state index contributed by atoms with van der Waals surface area (Å²) in [6.45, 7) is 6.03. The van der Waals surface area contributed by atoms with Crippen LogP contribution in [0.5, 0.6) is 0 Å². The Balaban J connectivity index is 2.83. The predicted molar refractivity (Wildman–Crippen MR) is 56.7 cm³/mol. The van der Waals surface area contributed by atoms with Crippen molar-refractivity contribution in [1.29, 1.82) is 0 Å². The van der Waals surface area contributed by atoms with Gasteiger partial charge >= 0.3 is 5.97 Å². The second kappa shape index (κ2) is 4.87. The lowest BCUT2D eigenvalue weighted by Gasteiger charge is -2.06. The fourth-order valence-electron chi connectivity index (χ4n) is 1.34. The number of carbonyl (C=O) groups is 1. The summed E-state index contributed by atoms with van der Waals surface area (Å²) in [6, 6.07) is 0. The van der Waals surface area contributed by atoms with Gasteiger partial charge in [-0.2, -0.15) is 0 Å². The van der Waals surface area contributed by atoms with Crippen molar-refractivity contribution < 1.29 is 9.90 Å². The van der Waals surface area contributed by atoms with Gasteiger partial charge in [-0.15, -0.1) is 0 Å². The zero-order chi connectivity index (χ0) is 11.4. The summed E-state index contributed by atoms with van der Waals surface area (Å²) in [6.07, 6.45) is 2.44. The van der Waals surface area contributed by atoms with E-state index >= 15 is 0 Å². The lowest BCUT2D eigenvalue weighted by molar-refractivity contribution is -0.136. The summed E-state index contributed by atoms with van der Waals surface area (Å²) in [5.74, 6) is 0.449. The van der Waals surface area contributed by atoms with Gasteiger partial charge in [0.25, 0.3) is 0 Å². The standard InChI is InChI=1S/C11H16N2O2/c1-7(2)4-10-12-6-9(5-11(14)15)8(3)13-10/h6-7H,4-5H2,1-3H3,(H,14,15). The summed E-state index contributed by atoms with van der Waals surface area (Å²) in [7, 11) is 0. The highest BCUT2D eigenvalue weighted by Gasteiger charge is 2.08. The molecule has 0 atom stereocenters. The van der Waals surface area contributed by atoms with Crippen LogP contribution >= 0.6 is 0 Å². The summed E-state index contributed by atoms with van der Waals surface area (Å²) >= 11 is 0. The van der Waals surface area contributed by atoms with E-state index in [4.69, 9.17) is 5.11 Å². The third-order valence-corrected chi connectivity index (χ3v) is 2.06. The highest BCUT2D eigenvalue weighted by Crippen LogP contribution is 2.08. The van der Waals surface area contributed by atoms with Gasteiger partial charge < -0.3 is 5.11 Å². The van der Waals surface area contributed by atoms with Crippen LogP contribution in [-0.2, 0) is 17.6 Å². The van der Waals surface area contributed by atoms with Crippen molar-refractivity contribution >= 4 is 5.97 Å². The first-order valence-corrected chi connectivity index (χ1v) is 5.02. The summed E-state index contributed by atoms with van der Waals surface area (Å²) in [5.41, 5.74) is 1.46. The number of hydrogen-bond donors (Lipinski definition) is 1. The number of aryl methyl sites for hydroxylation is 1. The van der Waals surface area contributed by atoms with Crippen molar-refractivity contribution in [1.82, 2.24) is 9.97 Å². The first-order valence-electron chi connectivity index (χ1n) is 5.02. The van der Waals surface area contributed by atoms with E-state index in [1.54, 1.807) is 6.20 Å². The van der Waals surface area contributed by atoms with Crippen molar-refractivity contribution in [3.8, 4) is 0 Å². The third-order valence-electron chi connectivity index (χ3n) is 2.06. The Bertz CT molecular complexity index is 362. The average molecular weight is 208 g/mol. The molecule has 1 aromatic rings. The van der Waals surface area contributed by atoms with E-state index in [0.29, 0.717) is 11.5 Å². The smallest absolute Gasteiger partial charge is 0.307 e. The molecule has 0 aliphatic carbocycles. The minimum Gasteiger partial charge on any atom is -0.481 e. The summed E-state index contributed by atoms with van der Waals surface area (Å²) < 4.78 is 0. The molecule has 0 radical (unpaired) electrons. The van der Waals surface area contributed by atoms with Gasteiger partial charge in [-0.05, 0) is 12.8 Å². The van der Waals surface area contributed by atoms with Crippen molar-refractivity contribution in [3.05, 3.63) is 23.3 Å². The van der Waals surface area contributed by atoms with Gasteiger partial charge in [-0.25, -0.2) is 9.97 Å². The zero-order valence-electron chi connectivity index (χ0n) is 9.32. The van der Waals surface area contributed by atoms with Crippen molar-refractivity contribution in [2.75, 3.05) is 0 Å². The van der Waals surface area contributed by atoms with Gasteiger partial charge in [0, 0.05) is 23.9 Å². The number of aliphatic carboxylic acids is 1. The van der Waals surface area contributed by atoms with Gasteiger partial charge in [0.15, 0.2) is 0 Å². The van der Waals surface area contributed by atoms with Crippen LogP contribution in [0.2, 0.25) is 0 Å². The topological polar surface area (TPSA) is 63.1 Å². The molecule has 1 rings (SSSR count). The Morgan fingerprint density at radius 2 is 2.20 bits per heavy atom. The first-order chi connectivity index (χ1) is 6.99. The highest BCUT2D eigenvalue weighted by molar-refractivity contribution is 5.70. The molecule has 0 amide bonds. The number of rotatable bonds is 4. The van der Waals surface area contributed by atoms with E-state index < -0.39 is 5.97 Å². The molecule has 1 N–H and O–H groups in total. The SMILES string of the molecule is Cc1nc(CC(C)C)ncc1CC(=O)O. The Labute approximate surface area is 89.4 Å². The van der Waals surface area contributed by atoms with E-state index in [9.17, 15) is 4.79 Å². The third kappa shape index (κ3) is 3.65. The van der Waals surface area contributed by atoms with E-state index in [-0.39, 0.29) is 6.42 Å². The number of carboxylic acid groups (broad SMARTS) is 1. The molecule has 1 aromatic heterocycles. The Morgan fingerprint density at radius 1 is 1.53 bits per heavy atom. The molecular formula is C11H16N2O2. The van der Waals surface area contributed by atoms with Gasteiger partial charge in [0.1, 0.15) is 5.82 Å². The normalized spacial score (nSPS) is 10.7. The maximum atomic E-state index is 10.5. The fourth-order valence-corrected chi connectivity index (χ4v) is 1.34. The van der Waals surface area contributed by atoms with Crippen LogP contribution < -0.4 is 0 Å². The Morgan fingerprint density at radius 3 is 2.67 bits per heavy atom. The molecule has 0 saturated heterocycles. The molecule has 0 bridgehead atoms. The molecule has 82 valence electrons. The maximum Gasteiger partial charge on any atom is 0.307 e. The van der Waals surface area contributed by atoms with Crippen LogP contribution in [0.3, 0.4) is 0 Å². The number of hydrogen-bond acceptors (Lipinski definition) is 3. The van der Waals surface area contributed by atoms with Crippen LogP contribution in [0, 0.1) is 12.8 Å². The minimum absolute atomic E-state index is 0.00616. The molecule has 4 nitrogen and oxygen atoms in total. The largest absolute Gasteiger partial charge is 0.481 e. The number of nitrogens with zero attached hydrogens (tertiary/aromatic N) is 2. The van der Waals surface area contributed by atoms with Gasteiger partial charge in [-0.3, -0.25) is 4.79 Å². The van der Waals surface area contributed by atoms with Crippen LogP contribution in [0.4, 0.5) is 0 Å². The van der Waals surface area contributed by atoms with Crippen LogP contribution in [-0.4, -0.2) is 21.0 Å². The van der Waals surface area contributed by atoms with Crippen LogP contribution in [0.15, 0.2) is 6.20 Å². The Kier molecular flexibility index (Phi) is 3.77. The van der Waals surface area contributed by atoms with E-state index in [0.717, 1.165) is 17.9 Å². The second-order valence-electron chi connectivity index (χ2n) is 4.07. The van der Waals surface area contributed by atoms with Crippen molar-refractivity contribution in [3.63, 3.8) is 0 Å². The summed E-state index contributed by atoms with van der Waals surface area (Å²) in [5, 5.41) is 8.65. The summed E-state index contributed by atoms with van der Waals surface area (Å²) in [4.78, 5) is 19.0. The molecule has 0 aliphatic heterocycles. The molecule has 0 unspecified atom stereocenters. The maximum absolute atomic E-state index is 10.5. The average Bonchev–Trinajstić information content (AvgIpc) is 2.08. The van der Waals surface area contributed by atoms with Gasteiger partial charge in [-0.1, -0.05) is 13.8 Å². The minimum atomic E-state index is -0.849. The molecule has 0 saturated carbocycles. The Hall–Kier alpha value is -1.45. The van der Waals surface area contributed by atoms with Crippen LogP contribution in [0.25, 0.3) is 0 Å². The highest BCUT2D eigenvalue weighted by atomic mass is 16.4. The van der Waals surface area contributed by atoms with Gasteiger partial charge in [0.2, 0.25) is 0 Å². The molecule has 0 aliphatic rings. The molecular weight excluding hydrogens is 192 g/mol. The molecule has 1 heterocycles. The quantitative estimate of drug-likeness (QED) is 0.816. The van der Waals surface area contributed by atoms with E-state index in [1.165, 1.54) is 0 Å². The lowest BCUT2D eigenvalue weighted by atomic mass is 10.1. The molecule has 0 spiro atoms. The molecule has 0 aromatic carbocycles. The van der Waals surface area contributed by atoms with E-state index in [1.807, 2.05) is 6.92 Å². The predicted octanol–water partition coefficient (Wildman–Crippen LogP) is 1.61. The zero-order valence-corrected chi connectivity index (χ0v) is 9.32. The van der Waals surface area contributed by atoms with Crippen molar-refractivity contribution in [2.24, 2.45) is 5.92 Å². The lowest BCUT2D eigenvalue weighted by Crippen LogP contribution is -2.08. The van der Waals surface area contributed by atoms with Crippen LogP contribution in [0.1, 0.15) is 30.9 Å². The second-order valence-corrected chi connectivity index (χ2v) is 4.07. The number of aromatic nitrogens is 2. The van der Waals surface area contributed by atoms with Crippen molar-refractivity contribution in [2.45, 2.75) is 33.6 Å². The molecule has 0 fully saturated rings. The fraction of sp³-hybridized carbons (Fsp3) is 0.545. The van der Waals surface area contributed by atoms with E-state index in [2.05, 4.69) is 23.8 Å². The monoisotopic (exact) mass is 208 g/mol. The molecule has 4 heteroatoms.